The van der Waals surface area contributed by atoms with E-state index in [0.29, 0.717) is 0 Å². The molecule has 132 valence electrons. The van der Waals surface area contributed by atoms with Gasteiger partial charge < -0.3 is 15.7 Å². The third-order valence-corrected chi connectivity index (χ3v) is 4.55. The van der Waals surface area contributed by atoms with Crippen LogP contribution >= 0.6 is 0 Å². The zero-order valence-electron chi connectivity index (χ0n) is 14.1. The predicted molar refractivity (Wildman–Crippen MR) is 95.9 cm³/mol. The summed E-state index contributed by atoms with van der Waals surface area (Å²) in [6.45, 7) is -0.0478. The first kappa shape index (κ1) is 17.6. The summed E-state index contributed by atoms with van der Waals surface area (Å²) in [5, 5.41) is 25.0. The maximum Gasteiger partial charge on any atom is 0.313 e. The Morgan fingerprint density at radius 2 is 1.73 bits per heavy atom. The van der Waals surface area contributed by atoms with Crippen LogP contribution in [-0.4, -0.2) is 23.5 Å². The number of hydrogen-bond donors (Lipinski definition) is 3. The number of anilines is 1. The van der Waals surface area contributed by atoms with E-state index in [2.05, 4.69) is 10.6 Å². The molecule has 2 aromatic rings. The van der Waals surface area contributed by atoms with Crippen molar-refractivity contribution in [3.63, 3.8) is 0 Å². The normalized spacial score (nSPS) is 15.4. The minimum absolute atomic E-state index is 0.0478. The molecule has 0 aliphatic heterocycles. The number of hydrogen-bond acceptors (Lipinski definition) is 4. The van der Waals surface area contributed by atoms with Crippen LogP contribution in [0.15, 0.2) is 54.6 Å². The van der Waals surface area contributed by atoms with Crippen molar-refractivity contribution in [2.75, 3.05) is 11.9 Å². The van der Waals surface area contributed by atoms with Gasteiger partial charge in [0, 0.05) is 0 Å². The van der Waals surface area contributed by atoms with E-state index in [0.717, 1.165) is 18.4 Å². The minimum atomic E-state index is -1.19. The van der Waals surface area contributed by atoms with Gasteiger partial charge in [0.1, 0.15) is 11.7 Å². The Morgan fingerprint density at radius 3 is 2.38 bits per heavy atom. The number of benzene rings is 2. The van der Waals surface area contributed by atoms with Crippen molar-refractivity contribution in [1.82, 2.24) is 5.32 Å². The quantitative estimate of drug-likeness (QED) is 0.718. The van der Waals surface area contributed by atoms with Crippen LogP contribution in [0.4, 0.5) is 5.69 Å². The number of para-hydroxylation sites is 1. The van der Waals surface area contributed by atoms with Gasteiger partial charge in [-0.1, -0.05) is 42.5 Å². The first-order valence-corrected chi connectivity index (χ1v) is 8.41. The van der Waals surface area contributed by atoms with Crippen LogP contribution in [0, 0.1) is 17.2 Å². The van der Waals surface area contributed by atoms with Crippen molar-refractivity contribution in [3.05, 3.63) is 65.7 Å². The van der Waals surface area contributed by atoms with Gasteiger partial charge in [-0.15, -0.1) is 0 Å². The van der Waals surface area contributed by atoms with Crippen LogP contribution in [0.5, 0.6) is 0 Å². The highest BCUT2D eigenvalue weighted by atomic mass is 16.3. The summed E-state index contributed by atoms with van der Waals surface area (Å²) in [5.74, 6) is -1.67. The molecule has 0 aromatic heterocycles. The number of carbonyl (C=O) groups excluding carboxylic acids is 2. The van der Waals surface area contributed by atoms with Gasteiger partial charge in [-0.05, 0) is 36.5 Å². The molecule has 0 heterocycles. The van der Waals surface area contributed by atoms with Crippen molar-refractivity contribution in [1.29, 1.82) is 5.26 Å². The standard InChI is InChI=1S/C20H19N3O3/c21-12-14-6-4-5-9-17(14)23-19(25)18(24)22-13-20(26,16-10-11-16)15-7-2-1-3-8-15/h1-9,16,26H,10-11,13H2,(H,22,24)(H,23,25). The van der Waals surface area contributed by atoms with E-state index < -0.39 is 17.4 Å². The first-order chi connectivity index (χ1) is 12.5. The third kappa shape index (κ3) is 3.73. The second-order valence-electron chi connectivity index (χ2n) is 6.36. The van der Waals surface area contributed by atoms with Gasteiger partial charge in [0.05, 0.1) is 17.8 Å². The largest absolute Gasteiger partial charge is 0.383 e. The fourth-order valence-electron chi connectivity index (χ4n) is 2.93. The van der Waals surface area contributed by atoms with E-state index in [-0.39, 0.29) is 23.7 Å². The van der Waals surface area contributed by atoms with E-state index in [1.807, 2.05) is 36.4 Å². The van der Waals surface area contributed by atoms with Crippen LogP contribution in [0.25, 0.3) is 0 Å². The molecule has 1 aliphatic rings. The number of nitriles is 1. The molecule has 6 heteroatoms. The van der Waals surface area contributed by atoms with Crippen LogP contribution in [0.3, 0.4) is 0 Å². The summed E-state index contributed by atoms with van der Waals surface area (Å²) in [6, 6.07) is 17.5. The van der Waals surface area contributed by atoms with Crippen molar-refractivity contribution >= 4 is 17.5 Å². The molecule has 1 saturated carbocycles. The van der Waals surface area contributed by atoms with Crippen molar-refractivity contribution in [3.8, 4) is 6.07 Å². The number of aliphatic hydroxyl groups is 1. The number of amides is 2. The van der Waals surface area contributed by atoms with Crippen LogP contribution < -0.4 is 10.6 Å². The van der Waals surface area contributed by atoms with E-state index in [1.54, 1.807) is 24.3 Å². The maximum absolute atomic E-state index is 12.2. The average Bonchev–Trinajstić information content (AvgIpc) is 3.52. The molecular weight excluding hydrogens is 330 g/mol. The van der Waals surface area contributed by atoms with Gasteiger partial charge in [0.25, 0.3) is 0 Å². The smallest absolute Gasteiger partial charge is 0.313 e. The highest BCUT2D eigenvalue weighted by molar-refractivity contribution is 6.39. The second kappa shape index (κ2) is 7.38. The lowest BCUT2D eigenvalue weighted by Crippen LogP contribution is -2.45. The Hall–Kier alpha value is -3.17. The number of nitrogens with zero attached hydrogens (tertiary/aromatic N) is 1. The van der Waals surface area contributed by atoms with Gasteiger partial charge in [-0.25, -0.2) is 0 Å². The SMILES string of the molecule is N#Cc1ccccc1NC(=O)C(=O)NCC(O)(c1ccccc1)C1CC1. The fourth-order valence-corrected chi connectivity index (χ4v) is 2.93. The van der Waals surface area contributed by atoms with Gasteiger partial charge in [-0.2, -0.15) is 5.26 Å². The Labute approximate surface area is 151 Å². The Balaban J connectivity index is 1.66. The lowest BCUT2D eigenvalue weighted by atomic mass is 9.88. The summed E-state index contributed by atoms with van der Waals surface area (Å²) in [5.41, 5.74) is 0.0722. The van der Waals surface area contributed by atoms with Gasteiger partial charge in [-0.3, -0.25) is 9.59 Å². The molecule has 1 fully saturated rings. The topological polar surface area (TPSA) is 102 Å². The highest BCUT2D eigenvalue weighted by Crippen LogP contribution is 2.45. The summed E-state index contributed by atoms with van der Waals surface area (Å²) in [4.78, 5) is 24.3. The number of nitrogens with one attached hydrogen (secondary N) is 2. The number of rotatable bonds is 5. The Kier molecular flexibility index (Phi) is 5.01. The fraction of sp³-hybridized carbons (Fsp3) is 0.250. The molecular formula is C20H19N3O3. The molecule has 3 rings (SSSR count). The molecule has 2 aromatic carbocycles. The molecule has 2 amide bonds. The van der Waals surface area contributed by atoms with Crippen LogP contribution in [0.1, 0.15) is 24.0 Å². The van der Waals surface area contributed by atoms with E-state index in [1.165, 1.54) is 0 Å². The molecule has 26 heavy (non-hydrogen) atoms. The molecule has 1 aliphatic carbocycles. The first-order valence-electron chi connectivity index (χ1n) is 8.41. The van der Waals surface area contributed by atoms with Crippen molar-refractivity contribution in [2.24, 2.45) is 5.92 Å². The molecule has 3 N–H and O–H groups in total. The average molecular weight is 349 g/mol. The molecule has 1 unspecified atom stereocenters. The number of carbonyl (C=O) groups is 2. The van der Waals surface area contributed by atoms with Gasteiger partial charge in [0.15, 0.2) is 0 Å². The van der Waals surface area contributed by atoms with E-state index in [4.69, 9.17) is 5.26 Å². The zero-order chi connectivity index (χ0) is 18.6. The maximum atomic E-state index is 12.2. The molecule has 0 bridgehead atoms. The molecule has 1 atom stereocenters. The second-order valence-corrected chi connectivity index (χ2v) is 6.36. The lowest BCUT2D eigenvalue weighted by molar-refractivity contribution is -0.137. The van der Waals surface area contributed by atoms with E-state index >= 15 is 0 Å². The predicted octanol–water partition coefficient (Wildman–Crippen LogP) is 1.91. The third-order valence-electron chi connectivity index (χ3n) is 4.55. The summed E-state index contributed by atoms with van der Waals surface area (Å²) in [6.07, 6.45) is 1.76. The minimum Gasteiger partial charge on any atom is -0.383 e. The van der Waals surface area contributed by atoms with E-state index in [9.17, 15) is 14.7 Å². The molecule has 0 saturated heterocycles. The van der Waals surface area contributed by atoms with Crippen LogP contribution in [0.2, 0.25) is 0 Å². The highest BCUT2D eigenvalue weighted by Gasteiger charge is 2.45. The van der Waals surface area contributed by atoms with Gasteiger partial charge >= 0.3 is 11.8 Å². The van der Waals surface area contributed by atoms with Gasteiger partial charge in [0.2, 0.25) is 0 Å². The van der Waals surface area contributed by atoms with Crippen LogP contribution in [-0.2, 0) is 15.2 Å². The zero-order valence-corrected chi connectivity index (χ0v) is 14.1. The summed E-state index contributed by atoms with van der Waals surface area (Å²) < 4.78 is 0. The molecule has 0 spiro atoms. The molecule has 6 nitrogen and oxygen atoms in total. The molecule has 0 radical (unpaired) electrons. The summed E-state index contributed by atoms with van der Waals surface area (Å²) >= 11 is 0. The summed E-state index contributed by atoms with van der Waals surface area (Å²) in [7, 11) is 0. The monoisotopic (exact) mass is 349 g/mol. The van der Waals surface area contributed by atoms with Crippen molar-refractivity contribution < 1.29 is 14.7 Å². The Morgan fingerprint density at radius 1 is 1.08 bits per heavy atom. The lowest BCUT2D eigenvalue weighted by Gasteiger charge is -2.29. The van der Waals surface area contributed by atoms with Crippen molar-refractivity contribution in [2.45, 2.75) is 18.4 Å². The Bertz CT molecular complexity index is 856.